The Labute approximate surface area is 110 Å². The zero-order chi connectivity index (χ0) is 12.5. The van der Waals surface area contributed by atoms with Crippen LogP contribution in [-0.2, 0) is 6.42 Å². The van der Waals surface area contributed by atoms with Crippen LogP contribution >= 0.6 is 11.3 Å². The summed E-state index contributed by atoms with van der Waals surface area (Å²) in [4.78, 5) is 6.64. The molecule has 1 saturated heterocycles. The Hall–Kier alpha value is -0.640. The van der Waals surface area contributed by atoms with Gasteiger partial charge >= 0.3 is 0 Å². The molecule has 1 aliphatic heterocycles. The highest BCUT2D eigenvalue weighted by Crippen LogP contribution is 2.10. The second-order valence-corrected chi connectivity index (χ2v) is 5.14. The van der Waals surface area contributed by atoms with Gasteiger partial charge in [0, 0.05) is 37.6 Å². The van der Waals surface area contributed by atoms with Crippen LogP contribution in [-0.4, -0.2) is 49.1 Å². The number of rotatable bonds is 4. The zero-order valence-corrected chi connectivity index (χ0v) is 11.7. The van der Waals surface area contributed by atoms with Gasteiger partial charge < -0.3 is 9.80 Å². The first-order valence-corrected chi connectivity index (χ1v) is 7.23. The van der Waals surface area contributed by atoms with E-state index in [1.165, 1.54) is 50.6 Å². The molecule has 2 heterocycles. The fraction of sp³-hybridized carbons (Fsp3) is 0.571. The van der Waals surface area contributed by atoms with Crippen LogP contribution < -0.4 is 0 Å². The highest BCUT2D eigenvalue weighted by atomic mass is 32.1. The minimum absolute atomic E-state index is 1.21. The fourth-order valence-electron chi connectivity index (χ4n) is 2.05. The first kappa shape index (κ1) is 14.4. The second-order valence-electron chi connectivity index (χ2n) is 4.11. The molecule has 0 aliphatic carbocycles. The molecule has 1 aromatic heterocycles. The summed E-state index contributed by atoms with van der Waals surface area (Å²) >= 11 is 1.88. The molecule has 3 heteroatoms. The minimum Gasteiger partial charge on any atom is -0.301 e. The van der Waals surface area contributed by atoms with Gasteiger partial charge in [0.1, 0.15) is 0 Å². The molecular weight excluding hydrogens is 228 g/mol. The Morgan fingerprint density at radius 2 is 1.82 bits per heavy atom. The van der Waals surface area contributed by atoms with Gasteiger partial charge in [-0.2, -0.15) is 0 Å². The van der Waals surface area contributed by atoms with Crippen molar-refractivity contribution in [3.05, 3.63) is 35.5 Å². The van der Waals surface area contributed by atoms with E-state index < -0.39 is 0 Å². The van der Waals surface area contributed by atoms with Crippen molar-refractivity contribution in [1.29, 1.82) is 0 Å². The molecule has 17 heavy (non-hydrogen) atoms. The molecule has 0 N–H and O–H groups in total. The van der Waals surface area contributed by atoms with E-state index in [4.69, 9.17) is 0 Å². The first-order chi connectivity index (χ1) is 8.38. The van der Waals surface area contributed by atoms with E-state index in [0.717, 1.165) is 0 Å². The standard InChI is InChI=1S/C12H20N2S.C2H4/c1-2-13-7-9-14(10-8-13)6-5-12-4-3-11-15-12;1-2/h3-4,11H,2,5-10H2,1H3;1-2H2. The normalized spacial score (nSPS) is 17.5. The lowest BCUT2D eigenvalue weighted by molar-refractivity contribution is 0.138. The van der Waals surface area contributed by atoms with Crippen molar-refractivity contribution in [2.75, 3.05) is 39.3 Å². The Balaban J connectivity index is 0.000000686. The van der Waals surface area contributed by atoms with Crippen LogP contribution in [0.5, 0.6) is 0 Å². The molecule has 2 rings (SSSR count). The number of thiophene rings is 1. The number of hydrogen-bond donors (Lipinski definition) is 0. The van der Waals surface area contributed by atoms with Crippen molar-refractivity contribution in [2.45, 2.75) is 13.3 Å². The lowest BCUT2D eigenvalue weighted by Crippen LogP contribution is -2.46. The lowest BCUT2D eigenvalue weighted by atomic mass is 10.2. The van der Waals surface area contributed by atoms with E-state index >= 15 is 0 Å². The highest BCUT2D eigenvalue weighted by Gasteiger charge is 2.14. The van der Waals surface area contributed by atoms with Gasteiger partial charge in [0.05, 0.1) is 0 Å². The predicted octanol–water partition coefficient (Wildman–Crippen LogP) is 2.73. The van der Waals surface area contributed by atoms with Crippen LogP contribution in [0.3, 0.4) is 0 Å². The molecule has 1 fully saturated rings. The highest BCUT2D eigenvalue weighted by molar-refractivity contribution is 7.09. The van der Waals surface area contributed by atoms with E-state index in [9.17, 15) is 0 Å². The minimum atomic E-state index is 1.21. The zero-order valence-electron chi connectivity index (χ0n) is 10.9. The van der Waals surface area contributed by atoms with Gasteiger partial charge in [-0.3, -0.25) is 0 Å². The molecule has 0 atom stereocenters. The van der Waals surface area contributed by atoms with Gasteiger partial charge in [0.2, 0.25) is 0 Å². The van der Waals surface area contributed by atoms with E-state index in [-0.39, 0.29) is 0 Å². The predicted molar refractivity (Wildman–Crippen MR) is 77.8 cm³/mol. The van der Waals surface area contributed by atoms with Crippen molar-refractivity contribution < 1.29 is 0 Å². The average molecular weight is 252 g/mol. The van der Waals surface area contributed by atoms with Crippen molar-refractivity contribution in [2.24, 2.45) is 0 Å². The summed E-state index contributed by atoms with van der Waals surface area (Å²) in [6.07, 6.45) is 1.23. The van der Waals surface area contributed by atoms with Gasteiger partial charge in [-0.25, -0.2) is 0 Å². The molecule has 0 amide bonds. The van der Waals surface area contributed by atoms with Crippen molar-refractivity contribution in [1.82, 2.24) is 9.80 Å². The Bertz CT molecular complexity index is 276. The summed E-state index contributed by atoms with van der Waals surface area (Å²) in [7, 11) is 0. The van der Waals surface area contributed by atoms with Crippen LogP contribution in [0.15, 0.2) is 30.7 Å². The SMILES string of the molecule is C=C.CCN1CCN(CCc2cccs2)CC1. The van der Waals surface area contributed by atoms with Gasteiger partial charge in [0.25, 0.3) is 0 Å². The molecule has 0 radical (unpaired) electrons. The number of nitrogens with zero attached hydrogens (tertiary/aromatic N) is 2. The summed E-state index contributed by atoms with van der Waals surface area (Å²) in [6, 6.07) is 4.39. The Morgan fingerprint density at radius 3 is 2.35 bits per heavy atom. The van der Waals surface area contributed by atoms with Gasteiger partial charge in [-0.05, 0) is 24.4 Å². The third-order valence-electron chi connectivity index (χ3n) is 3.17. The molecule has 1 aromatic rings. The van der Waals surface area contributed by atoms with Gasteiger partial charge in [-0.15, -0.1) is 24.5 Å². The maximum absolute atomic E-state index is 3.00. The second kappa shape index (κ2) is 8.45. The van der Waals surface area contributed by atoms with Crippen LogP contribution in [0.2, 0.25) is 0 Å². The molecule has 96 valence electrons. The Kier molecular flexibility index (Phi) is 7.17. The molecule has 0 unspecified atom stereocenters. The van der Waals surface area contributed by atoms with Crippen LogP contribution in [0, 0.1) is 0 Å². The molecule has 0 saturated carbocycles. The quantitative estimate of drug-likeness (QED) is 0.760. The third kappa shape index (κ3) is 5.02. The van der Waals surface area contributed by atoms with E-state index in [2.05, 4.69) is 47.4 Å². The van der Waals surface area contributed by atoms with Crippen molar-refractivity contribution in [3.8, 4) is 0 Å². The number of hydrogen-bond acceptors (Lipinski definition) is 3. The summed E-state index contributed by atoms with van der Waals surface area (Å²) in [5.74, 6) is 0. The summed E-state index contributed by atoms with van der Waals surface area (Å²) in [6.45, 7) is 15.7. The monoisotopic (exact) mass is 252 g/mol. The van der Waals surface area contributed by atoms with Crippen LogP contribution in [0.1, 0.15) is 11.8 Å². The van der Waals surface area contributed by atoms with Crippen LogP contribution in [0.25, 0.3) is 0 Å². The van der Waals surface area contributed by atoms with Gasteiger partial charge in [0.15, 0.2) is 0 Å². The maximum Gasteiger partial charge on any atom is 0.0110 e. The molecule has 2 nitrogen and oxygen atoms in total. The summed E-state index contributed by atoms with van der Waals surface area (Å²) < 4.78 is 0. The van der Waals surface area contributed by atoms with E-state index in [1.54, 1.807) is 0 Å². The van der Waals surface area contributed by atoms with Gasteiger partial charge in [-0.1, -0.05) is 13.0 Å². The van der Waals surface area contributed by atoms with E-state index in [0.29, 0.717) is 0 Å². The largest absolute Gasteiger partial charge is 0.301 e. The lowest BCUT2D eigenvalue weighted by Gasteiger charge is -2.33. The molecule has 1 aliphatic rings. The number of piperazine rings is 1. The van der Waals surface area contributed by atoms with Crippen molar-refractivity contribution in [3.63, 3.8) is 0 Å². The topological polar surface area (TPSA) is 6.48 Å². The Morgan fingerprint density at radius 1 is 1.18 bits per heavy atom. The van der Waals surface area contributed by atoms with Crippen molar-refractivity contribution >= 4 is 11.3 Å². The summed E-state index contributed by atoms with van der Waals surface area (Å²) in [5.41, 5.74) is 0. The van der Waals surface area contributed by atoms with E-state index in [1.807, 2.05) is 11.3 Å². The number of likely N-dealkylation sites (N-methyl/N-ethyl adjacent to an activating group) is 1. The maximum atomic E-state index is 3.00. The molecule has 0 aromatic carbocycles. The average Bonchev–Trinajstić information content (AvgIpc) is 2.92. The molecule has 0 bridgehead atoms. The first-order valence-electron chi connectivity index (χ1n) is 6.35. The molecule has 0 spiro atoms. The summed E-state index contributed by atoms with van der Waals surface area (Å²) in [5, 5.41) is 2.17. The smallest absolute Gasteiger partial charge is 0.0110 e. The van der Waals surface area contributed by atoms with Crippen LogP contribution in [0.4, 0.5) is 0 Å². The molecular formula is C14H24N2S. The fourth-order valence-corrected chi connectivity index (χ4v) is 2.75. The third-order valence-corrected chi connectivity index (χ3v) is 4.10.